The van der Waals surface area contributed by atoms with Crippen molar-refractivity contribution in [2.24, 2.45) is 0 Å². The van der Waals surface area contributed by atoms with Gasteiger partial charge in [0.15, 0.2) is 0 Å². The first kappa shape index (κ1) is 23.4. The number of hydrogen-bond acceptors (Lipinski definition) is 5. The molecule has 0 aliphatic carbocycles. The molecule has 33 heavy (non-hydrogen) atoms. The quantitative estimate of drug-likeness (QED) is 0.282. The Labute approximate surface area is 203 Å². The van der Waals surface area contributed by atoms with Crippen LogP contribution in [0.5, 0.6) is 0 Å². The van der Waals surface area contributed by atoms with Crippen LogP contribution in [0.15, 0.2) is 63.6 Å². The standard InChI is InChI=1S/C25H27ClN4O2S/c1-4-5-6-15-30-16(2)21(22(27-25(30)31)17-7-11-19(26)12-8-17)24-28-23(29-32-24)18-9-13-20(33-3)14-10-18/h7-14,22H,4-6,15H2,1-3H3,(H,27,31). The van der Waals surface area contributed by atoms with Crippen molar-refractivity contribution < 1.29 is 9.32 Å². The van der Waals surface area contributed by atoms with E-state index >= 15 is 0 Å². The molecule has 0 bridgehead atoms. The zero-order valence-electron chi connectivity index (χ0n) is 19.0. The van der Waals surface area contributed by atoms with Crippen LogP contribution in [-0.2, 0) is 0 Å². The summed E-state index contributed by atoms with van der Waals surface area (Å²) in [5.41, 5.74) is 3.40. The normalized spacial score (nSPS) is 16.3. The van der Waals surface area contributed by atoms with Crippen molar-refractivity contribution >= 4 is 35.0 Å². The monoisotopic (exact) mass is 482 g/mol. The van der Waals surface area contributed by atoms with Gasteiger partial charge in [0.05, 0.1) is 11.6 Å². The van der Waals surface area contributed by atoms with E-state index in [1.165, 1.54) is 4.90 Å². The molecular formula is C25H27ClN4O2S. The van der Waals surface area contributed by atoms with Crippen molar-refractivity contribution in [2.45, 2.75) is 44.0 Å². The van der Waals surface area contributed by atoms with Crippen LogP contribution < -0.4 is 5.32 Å². The van der Waals surface area contributed by atoms with Crippen molar-refractivity contribution in [1.82, 2.24) is 20.4 Å². The van der Waals surface area contributed by atoms with E-state index in [0.717, 1.165) is 41.7 Å². The van der Waals surface area contributed by atoms with Crippen LogP contribution in [-0.4, -0.2) is 33.9 Å². The van der Waals surface area contributed by atoms with Crippen LogP contribution in [0.1, 0.15) is 50.6 Å². The molecule has 8 heteroatoms. The highest BCUT2D eigenvalue weighted by Crippen LogP contribution is 2.37. The Bertz CT molecular complexity index is 1140. The van der Waals surface area contributed by atoms with Gasteiger partial charge in [-0.3, -0.25) is 4.90 Å². The number of hydrogen-bond donors (Lipinski definition) is 1. The number of nitrogens with zero attached hydrogens (tertiary/aromatic N) is 3. The summed E-state index contributed by atoms with van der Waals surface area (Å²) in [5, 5.41) is 8.00. The topological polar surface area (TPSA) is 71.3 Å². The van der Waals surface area contributed by atoms with Gasteiger partial charge in [-0.1, -0.05) is 48.7 Å². The lowest BCUT2D eigenvalue weighted by molar-refractivity contribution is 0.204. The zero-order valence-corrected chi connectivity index (χ0v) is 20.5. The van der Waals surface area contributed by atoms with Crippen LogP contribution in [0.4, 0.5) is 4.79 Å². The maximum Gasteiger partial charge on any atom is 0.322 e. The van der Waals surface area contributed by atoms with Gasteiger partial charge in [-0.25, -0.2) is 4.79 Å². The summed E-state index contributed by atoms with van der Waals surface area (Å²) in [6.45, 7) is 4.73. The largest absolute Gasteiger partial charge is 0.334 e. The number of halogens is 1. The van der Waals surface area contributed by atoms with Crippen LogP contribution in [0.25, 0.3) is 17.0 Å². The first-order valence-corrected chi connectivity index (χ1v) is 12.6. The van der Waals surface area contributed by atoms with Crippen LogP contribution >= 0.6 is 23.4 Å². The van der Waals surface area contributed by atoms with E-state index in [4.69, 9.17) is 21.1 Å². The minimum atomic E-state index is -0.413. The number of aromatic nitrogens is 2. The molecule has 172 valence electrons. The number of allylic oxidation sites excluding steroid dienone is 1. The van der Waals surface area contributed by atoms with Gasteiger partial charge in [0.1, 0.15) is 0 Å². The molecule has 3 aromatic rings. The van der Waals surface area contributed by atoms with E-state index in [0.29, 0.717) is 23.3 Å². The highest BCUT2D eigenvalue weighted by atomic mass is 35.5. The lowest BCUT2D eigenvalue weighted by Crippen LogP contribution is -2.46. The Morgan fingerprint density at radius 3 is 2.52 bits per heavy atom. The molecule has 2 heterocycles. The molecule has 1 aliphatic heterocycles. The fourth-order valence-corrected chi connectivity index (χ4v) is 4.48. The average molecular weight is 483 g/mol. The van der Waals surface area contributed by atoms with E-state index in [9.17, 15) is 4.79 Å². The highest BCUT2D eigenvalue weighted by Gasteiger charge is 2.35. The van der Waals surface area contributed by atoms with Crippen molar-refractivity contribution in [3.05, 3.63) is 70.7 Å². The molecule has 1 N–H and O–H groups in total. The first-order valence-electron chi connectivity index (χ1n) is 11.0. The fourth-order valence-electron chi connectivity index (χ4n) is 3.94. The number of benzene rings is 2. The predicted octanol–water partition coefficient (Wildman–Crippen LogP) is 6.80. The Kier molecular flexibility index (Phi) is 7.40. The summed E-state index contributed by atoms with van der Waals surface area (Å²) < 4.78 is 5.74. The van der Waals surface area contributed by atoms with E-state index < -0.39 is 6.04 Å². The number of unbranched alkanes of at least 4 members (excludes halogenated alkanes) is 2. The third kappa shape index (κ3) is 5.09. The smallest absolute Gasteiger partial charge is 0.322 e. The number of carbonyl (C=O) groups excluding carboxylic acids is 1. The van der Waals surface area contributed by atoms with Crippen LogP contribution in [0.2, 0.25) is 5.02 Å². The van der Waals surface area contributed by atoms with Crippen LogP contribution in [0, 0.1) is 0 Å². The molecule has 1 unspecified atom stereocenters. The molecule has 0 radical (unpaired) electrons. The molecule has 0 spiro atoms. The van der Waals surface area contributed by atoms with Gasteiger partial charge in [0.2, 0.25) is 5.82 Å². The van der Waals surface area contributed by atoms with Gasteiger partial charge in [0, 0.05) is 27.7 Å². The Balaban J connectivity index is 1.74. The second-order valence-electron chi connectivity index (χ2n) is 7.94. The molecule has 0 saturated heterocycles. The average Bonchev–Trinajstić information content (AvgIpc) is 3.31. The van der Waals surface area contributed by atoms with Crippen molar-refractivity contribution in [3.63, 3.8) is 0 Å². The minimum Gasteiger partial charge on any atom is -0.334 e. The molecule has 0 fully saturated rings. The third-order valence-electron chi connectivity index (χ3n) is 5.79. The lowest BCUT2D eigenvalue weighted by Gasteiger charge is -2.35. The molecule has 2 aromatic carbocycles. The first-order chi connectivity index (χ1) is 16.0. The summed E-state index contributed by atoms with van der Waals surface area (Å²) in [6, 6.07) is 14.9. The van der Waals surface area contributed by atoms with E-state index in [1.807, 2.05) is 61.7 Å². The second kappa shape index (κ2) is 10.4. The fraction of sp³-hybridized carbons (Fsp3) is 0.320. The number of rotatable bonds is 8. The maximum atomic E-state index is 13.0. The molecule has 1 atom stereocenters. The molecule has 0 saturated carbocycles. The number of nitrogens with one attached hydrogen (secondary N) is 1. The van der Waals surface area contributed by atoms with Gasteiger partial charge < -0.3 is 9.84 Å². The Hall–Kier alpha value is -2.77. The van der Waals surface area contributed by atoms with Crippen molar-refractivity contribution in [3.8, 4) is 11.4 Å². The molecular weight excluding hydrogens is 456 g/mol. The van der Waals surface area contributed by atoms with Crippen molar-refractivity contribution in [1.29, 1.82) is 0 Å². The predicted molar refractivity (Wildman–Crippen MR) is 133 cm³/mol. The molecule has 1 aromatic heterocycles. The van der Waals surface area contributed by atoms with Gasteiger partial charge in [-0.15, -0.1) is 11.8 Å². The summed E-state index contributed by atoms with van der Waals surface area (Å²) >= 11 is 7.78. The molecule has 6 nitrogen and oxygen atoms in total. The summed E-state index contributed by atoms with van der Waals surface area (Å²) in [7, 11) is 0. The number of thioether (sulfide) groups is 1. The van der Waals surface area contributed by atoms with Gasteiger partial charge in [-0.05, 0) is 61.6 Å². The summed E-state index contributed by atoms with van der Waals surface area (Å²) in [4.78, 5) is 20.7. The van der Waals surface area contributed by atoms with Crippen LogP contribution in [0.3, 0.4) is 0 Å². The van der Waals surface area contributed by atoms with Gasteiger partial charge in [0.25, 0.3) is 5.89 Å². The van der Waals surface area contributed by atoms with Crippen molar-refractivity contribution in [2.75, 3.05) is 12.8 Å². The zero-order chi connectivity index (χ0) is 23.4. The van der Waals surface area contributed by atoms with E-state index in [-0.39, 0.29) is 6.03 Å². The summed E-state index contributed by atoms with van der Waals surface area (Å²) in [6.07, 6.45) is 5.11. The van der Waals surface area contributed by atoms with E-state index in [2.05, 4.69) is 17.4 Å². The number of amides is 2. The van der Waals surface area contributed by atoms with Gasteiger partial charge in [-0.2, -0.15) is 4.98 Å². The van der Waals surface area contributed by atoms with E-state index in [1.54, 1.807) is 16.7 Å². The number of urea groups is 1. The molecule has 2 amide bonds. The Morgan fingerprint density at radius 2 is 1.85 bits per heavy atom. The number of carbonyl (C=O) groups is 1. The SMILES string of the molecule is CCCCCN1C(=O)NC(c2ccc(Cl)cc2)C(c2nc(-c3ccc(SC)cc3)no2)=C1C. The third-order valence-corrected chi connectivity index (χ3v) is 6.79. The van der Waals surface area contributed by atoms with Gasteiger partial charge >= 0.3 is 6.03 Å². The highest BCUT2D eigenvalue weighted by molar-refractivity contribution is 7.98. The lowest BCUT2D eigenvalue weighted by atomic mass is 9.94. The minimum absolute atomic E-state index is 0.125. The molecule has 4 rings (SSSR count). The second-order valence-corrected chi connectivity index (χ2v) is 9.26. The summed E-state index contributed by atoms with van der Waals surface area (Å²) in [5.74, 6) is 0.916. The maximum absolute atomic E-state index is 13.0. The Morgan fingerprint density at radius 1 is 1.12 bits per heavy atom. The molecule has 1 aliphatic rings.